The van der Waals surface area contributed by atoms with Crippen LogP contribution in [0.3, 0.4) is 0 Å². The molecule has 16 heavy (non-hydrogen) atoms. The fourth-order valence-electron chi connectivity index (χ4n) is 0.940. The Morgan fingerprint density at radius 3 is 0.938 bits per heavy atom. The van der Waals surface area contributed by atoms with Crippen LogP contribution in [0.1, 0.15) is 13.8 Å². The molecule has 2 aliphatic rings. The van der Waals surface area contributed by atoms with Crippen molar-refractivity contribution in [3.8, 4) is 0 Å². The van der Waals surface area contributed by atoms with E-state index in [1.165, 1.54) is 11.8 Å². The zero-order valence-electron chi connectivity index (χ0n) is 10.6. The van der Waals surface area contributed by atoms with Crippen LogP contribution >= 0.6 is 0 Å². The van der Waals surface area contributed by atoms with Crippen LogP contribution in [0.5, 0.6) is 0 Å². The van der Waals surface area contributed by atoms with E-state index in [1.54, 1.807) is 0 Å². The summed E-state index contributed by atoms with van der Waals surface area (Å²) in [6.45, 7) is 4.17. The second kappa shape index (κ2) is 15.8. The van der Waals surface area contributed by atoms with Gasteiger partial charge >= 0.3 is 0 Å². The molecular formula is C14H21OZr-. The van der Waals surface area contributed by atoms with Gasteiger partial charge in [0.2, 0.25) is 0 Å². The molecular weight excluding hydrogens is 275 g/mol. The van der Waals surface area contributed by atoms with Crippen molar-refractivity contribution in [3.05, 3.63) is 70.6 Å². The molecule has 2 aliphatic carbocycles. The minimum absolute atomic E-state index is 0. The first kappa shape index (κ1) is 22.1. The largest absolute Gasteiger partial charge is 0.400 e. The smallest absolute Gasteiger partial charge is 0.0319 e. The van der Waals surface area contributed by atoms with Gasteiger partial charge in [-0.15, -0.1) is 0 Å². The third-order valence-electron chi connectivity index (χ3n) is 1.66. The van der Waals surface area contributed by atoms with Crippen molar-refractivity contribution in [1.29, 1.82) is 0 Å². The topological polar surface area (TPSA) is 20.2 Å². The van der Waals surface area contributed by atoms with Crippen LogP contribution < -0.4 is 0 Å². The molecule has 0 bridgehead atoms. The van der Waals surface area contributed by atoms with Gasteiger partial charge in [0, 0.05) is 33.3 Å². The summed E-state index contributed by atoms with van der Waals surface area (Å²) in [4.78, 5) is 0. The molecule has 0 unspecified atom stereocenters. The average Bonchev–Trinajstić information content (AvgIpc) is 2.83. The summed E-state index contributed by atoms with van der Waals surface area (Å²) in [5.74, 6) is 2.69. The Labute approximate surface area is 123 Å². The third-order valence-corrected chi connectivity index (χ3v) is 1.66. The summed E-state index contributed by atoms with van der Waals surface area (Å²) in [7, 11) is 1.00. The number of aliphatic hydroxyl groups is 1. The van der Waals surface area contributed by atoms with Crippen molar-refractivity contribution in [2.45, 2.75) is 13.8 Å². The maximum absolute atomic E-state index is 7.00. The van der Waals surface area contributed by atoms with Crippen LogP contribution in [-0.2, 0) is 26.2 Å². The molecule has 0 aromatic carbocycles. The maximum Gasteiger partial charge on any atom is 0.0319 e. The summed E-state index contributed by atoms with van der Waals surface area (Å²) in [6, 6.07) is 0. The van der Waals surface area contributed by atoms with E-state index in [4.69, 9.17) is 5.11 Å². The first-order valence-corrected chi connectivity index (χ1v) is 4.60. The zero-order valence-corrected chi connectivity index (χ0v) is 13.0. The van der Waals surface area contributed by atoms with Crippen LogP contribution in [-0.4, -0.2) is 12.2 Å². The fraction of sp³-hybridized carbons (Fsp3) is 0.214. The van der Waals surface area contributed by atoms with Gasteiger partial charge in [0.05, 0.1) is 0 Å². The van der Waals surface area contributed by atoms with E-state index in [0.717, 1.165) is 7.11 Å². The Morgan fingerprint density at radius 1 is 0.688 bits per heavy atom. The zero-order chi connectivity index (χ0) is 10.8. The van der Waals surface area contributed by atoms with Crippen LogP contribution in [0.4, 0.5) is 0 Å². The van der Waals surface area contributed by atoms with Gasteiger partial charge in [0.15, 0.2) is 0 Å². The third kappa shape index (κ3) is 12.9. The summed E-state index contributed by atoms with van der Waals surface area (Å²) in [6.07, 6.45) is 16.5. The molecule has 1 N–H and O–H groups in total. The Hall–Kier alpha value is 0.843. The molecule has 10 radical (unpaired) electrons. The Bertz CT molecular complexity index is 91.3. The fourth-order valence-corrected chi connectivity index (χ4v) is 0.940. The number of rotatable bonds is 0. The number of aliphatic hydroxyl groups excluding tert-OH is 1. The SMILES string of the molecule is CO.C[C]1[CH][CH][CH][CH]1.C[C]1[CH][CH][CH][CH]1.[CH3-].[Zr]. The summed E-state index contributed by atoms with van der Waals surface area (Å²) < 4.78 is 0. The van der Waals surface area contributed by atoms with Crippen molar-refractivity contribution < 1.29 is 31.3 Å². The molecule has 0 aromatic rings. The molecule has 88 valence electrons. The van der Waals surface area contributed by atoms with Gasteiger partial charge < -0.3 is 12.5 Å². The van der Waals surface area contributed by atoms with Crippen LogP contribution in [0.2, 0.25) is 0 Å². The van der Waals surface area contributed by atoms with E-state index in [2.05, 4.69) is 39.5 Å². The molecule has 2 fully saturated rings. The van der Waals surface area contributed by atoms with E-state index >= 15 is 0 Å². The second-order valence-electron chi connectivity index (χ2n) is 2.92. The van der Waals surface area contributed by atoms with Gasteiger partial charge in [-0.3, -0.25) is 0 Å². The van der Waals surface area contributed by atoms with Crippen molar-refractivity contribution in [1.82, 2.24) is 0 Å². The van der Waals surface area contributed by atoms with Gasteiger partial charge in [0.1, 0.15) is 0 Å². The minimum Gasteiger partial charge on any atom is -0.400 e. The Balaban J connectivity index is -0.000000165. The second-order valence-corrected chi connectivity index (χ2v) is 2.92. The molecule has 0 amide bonds. The van der Waals surface area contributed by atoms with Crippen molar-refractivity contribution in [3.63, 3.8) is 0 Å². The molecule has 2 heteroatoms. The van der Waals surface area contributed by atoms with Crippen molar-refractivity contribution >= 4 is 0 Å². The molecule has 0 heterocycles. The van der Waals surface area contributed by atoms with Gasteiger partial charge in [-0.2, -0.15) is 0 Å². The van der Waals surface area contributed by atoms with E-state index in [1.807, 2.05) is 25.7 Å². The molecule has 0 aliphatic heterocycles. The average molecular weight is 297 g/mol. The summed E-state index contributed by atoms with van der Waals surface area (Å²) in [5, 5.41) is 7.00. The summed E-state index contributed by atoms with van der Waals surface area (Å²) in [5.41, 5.74) is 0. The molecule has 1 nitrogen and oxygen atoms in total. The molecule has 0 aromatic heterocycles. The molecule has 0 atom stereocenters. The normalized spacial score (nSPS) is 19.5. The molecule has 2 saturated carbocycles. The van der Waals surface area contributed by atoms with Crippen molar-refractivity contribution in [2.75, 3.05) is 7.11 Å². The predicted molar refractivity (Wildman–Crippen MR) is 66.8 cm³/mol. The van der Waals surface area contributed by atoms with Crippen LogP contribution in [0.15, 0.2) is 0 Å². The Kier molecular flexibility index (Phi) is 21.8. The van der Waals surface area contributed by atoms with Crippen LogP contribution in [0, 0.1) is 70.6 Å². The Morgan fingerprint density at radius 2 is 0.875 bits per heavy atom. The van der Waals surface area contributed by atoms with Crippen molar-refractivity contribution in [2.24, 2.45) is 0 Å². The van der Waals surface area contributed by atoms with E-state index in [9.17, 15) is 0 Å². The predicted octanol–water partition coefficient (Wildman–Crippen LogP) is 2.88. The van der Waals surface area contributed by atoms with Gasteiger partial charge in [-0.1, -0.05) is 13.8 Å². The number of hydrogen-bond acceptors (Lipinski definition) is 1. The van der Waals surface area contributed by atoms with Crippen LogP contribution in [0.25, 0.3) is 0 Å². The van der Waals surface area contributed by atoms with Gasteiger partial charge in [-0.25, -0.2) is 0 Å². The maximum atomic E-state index is 7.00. The quantitative estimate of drug-likeness (QED) is 0.682. The standard InChI is InChI=1S/2C6H7.CH4O.CH3.Zr/c2*1-6-4-2-3-5-6;1-2;;/h2*2-5H,1H3;2H,1H3;1H3;/q;;;-1;. The molecule has 0 saturated heterocycles. The van der Waals surface area contributed by atoms with Gasteiger partial charge in [-0.05, 0) is 63.2 Å². The van der Waals surface area contributed by atoms with E-state index in [-0.39, 0.29) is 33.6 Å². The van der Waals surface area contributed by atoms with E-state index < -0.39 is 0 Å². The first-order chi connectivity index (χ1) is 6.79. The molecule has 0 spiro atoms. The monoisotopic (exact) mass is 295 g/mol. The van der Waals surface area contributed by atoms with E-state index in [0.29, 0.717) is 0 Å². The minimum atomic E-state index is 0. The first-order valence-electron chi connectivity index (χ1n) is 4.60. The molecule has 2 rings (SSSR count). The number of hydrogen-bond donors (Lipinski definition) is 1. The summed E-state index contributed by atoms with van der Waals surface area (Å²) >= 11 is 0. The van der Waals surface area contributed by atoms with Gasteiger partial charge in [0.25, 0.3) is 0 Å².